The van der Waals surface area contributed by atoms with Crippen LogP contribution in [-0.4, -0.2) is 39.3 Å². The Morgan fingerprint density at radius 3 is 2.50 bits per heavy atom. The normalized spacial score (nSPS) is 15.2. The van der Waals surface area contributed by atoms with E-state index in [2.05, 4.69) is 32.2 Å². The molecule has 5 rings (SSSR count). The Balaban J connectivity index is 1.70. The van der Waals surface area contributed by atoms with Crippen molar-refractivity contribution in [2.45, 2.75) is 18.9 Å². The maximum absolute atomic E-state index is 6.15. The molecule has 0 bridgehead atoms. The average Bonchev–Trinajstić information content (AvgIpc) is 3.19. The molecule has 0 atom stereocenters. The maximum Gasteiger partial charge on any atom is 0.161 e. The monoisotopic (exact) mass is 370 g/mol. The first-order chi connectivity index (χ1) is 13.8. The van der Waals surface area contributed by atoms with E-state index < -0.39 is 0 Å². The van der Waals surface area contributed by atoms with Gasteiger partial charge in [-0.15, -0.1) is 5.10 Å². The van der Waals surface area contributed by atoms with Gasteiger partial charge in [-0.25, -0.2) is 4.98 Å². The predicted molar refractivity (Wildman–Crippen MR) is 112 cm³/mol. The molecule has 0 aliphatic carbocycles. The highest BCUT2D eigenvalue weighted by molar-refractivity contribution is 5.89. The van der Waals surface area contributed by atoms with Crippen LogP contribution in [0.15, 0.2) is 60.8 Å². The molecule has 2 aromatic carbocycles. The zero-order valence-corrected chi connectivity index (χ0v) is 15.5. The van der Waals surface area contributed by atoms with E-state index in [0.717, 1.165) is 65.3 Å². The fourth-order valence-electron chi connectivity index (χ4n) is 3.88. The molecular formula is C22H22N6. The van der Waals surface area contributed by atoms with Gasteiger partial charge in [-0.2, -0.15) is 5.10 Å². The minimum atomic E-state index is 0.265. The number of para-hydroxylation sites is 2. The Morgan fingerprint density at radius 2 is 1.71 bits per heavy atom. The molecule has 0 saturated carbocycles. The van der Waals surface area contributed by atoms with E-state index in [-0.39, 0.29) is 6.04 Å². The van der Waals surface area contributed by atoms with Crippen LogP contribution in [0.4, 0.5) is 5.69 Å². The Bertz CT molecular complexity index is 1060. The van der Waals surface area contributed by atoms with Crippen molar-refractivity contribution in [2.75, 3.05) is 18.0 Å². The number of piperidine rings is 1. The van der Waals surface area contributed by atoms with Gasteiger partial charge in [0, 0.05) is 24.7 Å². The molecule has 0 radical (unpaired) electrons. The topological polar surface area (TPSA) is 83.7 Å². The molecule has 3 N–H and O–H groups in total. The maximum atomic E-state index is 6.15. The standard InChI is InChI=1S/C22H22N6/c23-16-10-12-28(13-11-16)21-17(15-6-2-1-3-7-15)14-24-27-20(21)22-25-18-8-4-5-9-19(18)26-22/h1-9,14,16H,10-13,23H2,(H,25,26). The van der Waals surface area contributed by atoms with Crippen molar-refractivity contribution < 1.29 is 0 Å². The second-order valence-electron chi connectivity index (χ2n) is 7.25. The van der Waals surface area contributed by atoms with Crippen LogP contribution in [0.2, 0.25) is 0 Å². The third kappa shape index (κ3) is 3.01. The number of nitrogens with zero attached hydrogens (tertiary/aromatic N) is 4. The molecule has 2 aromatic heterocycles. The summed E-state index contributed by atoms with van der Waals surface area (Å²) in [5, 5.41) is 8.82. The number of aromatic amines is 1. The number of hydrogen-bond acceptors (Lipinski definition) is 5. The van der Waals surface area contributed by atoms with Gasteiger partial charge in [-0.05, 0) is 30.5 Å². The van der Waals surface area contributed by atoms with Gasteiger partial charge in [-0.1, -0.05) is 42.5 Å². The van der Waals surface area contributed by atoms with Crippen molar-refractivity contribution in [2.24, 2.45) is 5.73 Å². The van der Waals surface area contributed by atoms with Gasteiger partial charge in [0.15, 0.2) is 11.5 Å². The van der Waals surface area contributed by atoms with Crippen LogP contribution in [0.25, 0.3) is 33.7 Å². The first kappa shape index (κ1) is 16.9. The van der Waals surface area contributed by atoms with Crippen molar-refractivity contribution in [3.63, 3.8) is 0 Å². The molecule has 1 saturated heterocycles. The summed E-state index contributed by atoms with van der Waals surface area (Å²) in [6.45, 7) is 1.81. The average molecular weight is 370 g/mol. The van der Waals surface area contributed by atoms with Crippen LogP contribution in [-0.2, 0) is 0 Å². The fraction of sp³-hybridized carbons (Fsp3) is 0.227. The second-order valence-corrected chi connectivity index (χ2v) is 7.25. The lowest BCUT2D eigenvalue weighted by Crippen LogP contribution is -2.40. The summed E-state index contributed by atoms with van der Waals surface area (Å²) >= 11 is 0. The summed E-state index contributed by atoms with van der Waals surface area (Å²) in [7, 11) is 0. The number of nitrogens with two attached hydrogens (primary N) is 1. The van der Waals surface area contributed by atoms with Gasteiger partial charge in [0.05, 0.1) is 22.9 Å². The molecule has 0 spiro atoms. The molecule has 1 aliphatic heterocycles. The number of fused-ring (bicyclic) bond motifs is 1. The van der Waals surface area contributed by atoms with Gasteiger partial charge in [-0.3, -0.25) is 0 Å². The largest absolute Gasteiger partial charge is 0.369 e. The van der Waals surface area contributed by atoms with Crippen molar-refractivity contribution in [3.8, 4) is 22.6 Å². The highest BCUT2D eigenvalue weighted by Gasteiger charge is 2.25. The Hall–Kier alpha value is -3.25. The third-order valence-corrected chi connectivity index (χ3v) is 5.38. The lowest BCUT2D eigenvalue weighted by Gasteiger charge is -2.34. The molecule has 0 unspecified atom stereocenters. The number of aromatic nitrogens is 4. The van der Waals surface area contributed by atoms with E-state index in [1.165, 1.54) is 0 Å². The summed E-state index contributed by atoms with van der Waals surface area (Å²) in [5.74, 6) is 0.747. The number of rotatable bonds is 3. The second kappa shape index (κ2) is 7.05. The quantitative estimate of drug-likeness (QED) is 0.575. The molecule has 140 valence electrons. The van der Waals surface area contributed by atoms with Gasteiger partial charge in [0.2, 0.25) is 0 Å². The Labute approximate surface area is 163 Å². The van der Waals surface area contributed by atoms with Crippen LogP contribution < -0.4 is 10.6 Å². The fourth-order valence-corrected chi connectivity index (χ4v) is 3.88. The van der Waals surface area contributed by atoms with Gasteiger partial charge in [0.25, 0.3) is 0 Å². The van der Waals surface area contributed by atoms with E-state index in [0.29, 0.717) is 0 Å². The van der Waals surface area contributed by atoms with Crippen LogP contribution in [0, 0.1) is 0 Å². The van der Waals surface area contributed by atoms with E-state index in [9.17, 15) is 0 Å². The smallest absolute Gasteiger partial charge is 0.161 e. The van der Waals surface area contributed by atoms with Crippen LogP contribution in [0.3, 0.4) is 0 Å². The summed E-state index contributed by atoms with van der Waals surface area (Å²) in [6, 6.07) is 18.6. The molecule has 3 heterocycles. The van der Waals surface area contributed by atoms with Gasteiger partial charge < -0.3 is 15.6 Å². The Kier molecular flexibility index (Phi) is 4.25. The minimum Gasteiger partial charge on any atom is -0.369 e. The predicted octanol–water partition coefficient (Wildman–Crippen LogP) is 3.61. The Morgan fingerprint density at radius 1 is 0.964 bits per heavy atom. The van der Waals surface area contributed by atoms with E-state index in [1.807, 2.05) is 48.7 Å². The zero-order valence-electron chi connectivity index (χ0n) is 15.5. The van der Waals surface area contributed by atoms with Gasteiger partial charge >= 0.3 is 0 Å². The van der Waals surface area contributed by atoms with Crippen LogP contribution >= 0.6 is 0 Å². The lowest BCUT2D eigenvalue weighted by atomic mass is 10.00. The minimum absolute atomic E-state index is 0.265. The number of nitrogens with one attached hydrogen (secondary N) is 1. The number of anilines is 1. The molecule has 0 amide bonds. The molecular weight excluding hydrogens is 348 g/mol. The van der Waals surface area contributed by atoms with E-state index >= 15 is 0 Å². The molecule has 28 heavy (non-hydrogen) atoms. The number of H-pyrrole nitrogens is 1. The summed E-state index contributed by atoms with van der Waals surface area (Å²) in [5.41, 5.74) is 12.1. The van der Waals surface area contributed by atoms with Crippen molar-refractivity contribution in [1.29, 1.82) is 0 Å². The molecule has 1 aliphatic rings. The van der Waals surface area contributed by atoms with Crippen molar-refractivity contribution in [3.05, 3.63) is 60.8 Å². The lowest BCUT2D eigenvalue weighted by molar-refractivity contribution is 0.501. The molecule has 1 fully saturated rings. The first-order valence-corrected chi connectivity index (χ1v) is 9.66. The van der Waals surface area contributed by atoms with Crippen molar-refractivity contribution >= 4 is 16.7 Å². The van der Waals surface area contributed by atoms with Gasteiger partial charge in [0.1, 0.15) is 0 Å². The number of hydrogen-bond donors (Lipinski definition) is 2. The van der Waals surface area contributed by atoms with E-state index in [4.69, 9.17) is 10.7 Å². The number of imidazole rings is 1. The highest BCUT2D eigenvalue weighted by atomic mass is 15.2. The van der Waals surface area contributed by atoms with E-state index in [1.54, 1.807) is 0 Å². The third-order valence-electron chi connectivity index (χ3n) is 5.38. The number of benzene rings is 2. The highest BCUT2D eigenvalue weighted by Crippen LogP contribution is 2.38. The molecule has 4 aromatic rings. The first-order valence-electron chi connectivity index (χ1n) is 9.66. The summed E-state index contributed by atoms with van der Waals surface area (Å²) in [6.07, 6.45) is 3.79. The molecule has 6 nitrogen and oxygen atoms in total. The van der Waals surface area contributed by atoms with Crippen LogP contribution in [0.5, 0.6) is 0 Å². The van der Waals surface area contributed by atoms with Crippen molar-refractivity contribution in [1.82, 2.24) is 20.2 Å². The summed E-state index contributed by atoms with van der Waals surface area (Å²) < 4.78 is 0. The summed E-state index contributed by atoms with van der Waals surface area (Å²) in [4.78, 5) is 10.6. The van der Waals surface area contributed by atoms with Crippen LogP contribution in [0.1, 0.15) is 12.8 Å². The SMILES string of the molecule is NC1CCN(c2c(-c3ccccc3)cnnc2-c2nc3ccccc3[nH]2)CC1. The molecule has 6 heteroatoms. The zero-order chi connectivity index (χ0) is 18.9.